The van der Waals surface area contributed by atoms with E-state index in [1.54, 1.807) is 0 Å². The van der Waals surface area contributed by atoms with E-state index in [0.29, 0.717) is 27.2 Å². The number of aryl methyl sites for hydroxylation is 1. The van der Waals surface area contributed by atoms with Crippen molar-refractivity contribution >= 4 is 51.2 Å². The Labute approximate surface area is 178 Å². The number of anilines is 1. The summed E-state index contributed by atoms with van der Waals surface area (Å²) in [6, 6.07) is 17.3. The number of esters is 1. The molecule has 2 N–H and O–H groups in total. The van der Waals surface area contributed by atoms with Crippen molar-refractivity contribution in [2.75, 3.05) is 12.4 Å². The van der Waals surface area contributed by atoms with Crippen LogP contribution < -0.4 is 10.6 Å². The normalized spacial score (nSPS) is 10.4. The second kappa shape index (κ2) is 9.19. The first-order chi connectivity index (χ1) is 13.5. The van der Waals surface area contributed by atoms with Gasteiger partial charge >= 0.3 is 5.97 Å². The molecule has 0 saturated carbocycles. The van der Waals surface area contributed by atoms with Crippen LogP contribution in [-0.4, -0.2) is 18.2 Å². The zero-order chi connectivity index (χ0) is 20.1. The molecule has 0 atom stereocenters. The van der Waals surface area contributed by atoms with Gasteiger partial charge in [0.2, 0.25) is 0 Å². The highest BCUT2D eigenvalue weighted by Gasteiger charge is 2.24. The lowest BCUT2D eigenvalue weighted by Gasteiger charge is -2.11. The molecule has 0 fully saturated rings. The van der Waals surface area contributed by atoms with Gasteiger partial charge in [0, 0.05) is 22.0 Å². The first-order valence-corrected chi connectivity index (χ1v) is 10.2. The van der Waals surface area contributed by atoms with E-state index < -0.39 is 5.97 Å². The Morgan fingerprint density at radius 2 is 1.93 bits per heavy atom. The zero-order valence-electron chi connectivity index (χ0n) is 15.4. The van der Waals surface area contributed by atoms with Crippen LogP contribution in [0, 0.1) is 6.92 Å². The van der Waals surface area contributed by atoms with Crippen LogP contribution in [0.4, 0.5) is 5.00 Å². The molecule has 1 heterocycles. The van der Waals surface area contributed by atoms with Crippen molar-refractivity contribution in [3.05, 3.63) is 75.6 Å². The summed E-state index contributed by atoms with van der Waals surface area (Å²) in [5, 5.41) is 8.05. The number of nitrogens with one attached hydrogen (secondary N) is 2. The molecule has 0 aliphatic heterocycles. The van der Waals surface area contributed by atoms with E-state index in [4.69, 9.17) is 28.6 Å². The summed E-state index contributed by atoms with van der Waals surface area (Å²) >= 11 is 12.9. The number of ether oxygens (including phenoxy) is 1. The number of halogens is 1. The van der Waals surface area contributed by atoms with Gasteiger partial charge in [-0.2, -0.15) is 0 Å². The van der Waals surface area contributed by atoms with Crippen LogP contribution in [0.15, 0.2) is 54.6 Å². The monoisotopic (exact) mass is 430 g/mol. The van der Waals surface area contributed by atoms with Crippen molar-refractivity contribution in [1.82, 2.24) is 5.32 Å². The quantitative estimate of drug-likeness (QED) is 0.404. The van der Waals surface area contributed by atoms with E-state index in [1.807, 2.05) is 61.5 Å². The molecule has 2 aromatic carbocycles. The van der Waals surface area contributed by atoms with E-state index in [1.165, 1.54) is 18.4 Å². The summed E-state index contributed by atoms with van der Waals surface area (Å²) in [5.74, 6) is -0.400. The summed E-state index contributed by atoms with van der Waals surface area (Å²) in [4.78, 5) is 13.5. The average molecular weight is 431 g/mol. The molecule has 3 rings (SSSR count). The van der Waals surface area contributed by atoms with Gasteiger partial charge in [-0.25, -0.2) is 4.79 Å². The Balaban J connectivity index is 1.83. The van der Waals surface area contributed by atoms with E-state index in [-0.39, 0.29) is 0 Å². The summed E-state index contributed by atoms with van der Waals surface area (Å²) in [5.41, 5.74) is 3.32. The highest BCUT2D eigenvalue weighted by Crippen LogP contribution is 2.40. The van der Waals surface area contributed by atoms with Crippen molar-refractivity contribution < 1.29 is 9.53 Å². The van der Waals surface area contributed by atoms with Crippen LogP contribution >= 0.6 is 35.2 Å². The lowest BCUT2D eigenvalue weighted by molar-refractivity contribution is 0.0603. The molecule has 4 nitrogen and oxygen atoms in total. The van der Waals surface area contributed by atoms with Crippen molar-refractivity contribution in [3.8, 4) is 11.1 Å². The lowest BCUT2D eigenvalue weighted by Crippen LogP contribution is -2.28. The Kier molecular flexibility index (Phi) is 6.67. The first kappa shape index (κ1) is 20.3. The van der Waals surface area contributed by atoms with Gasteiger partial charge in [0.25, 0.3) is 0 Å². The summed E-state index contributed by atoms with van der Waals surface area (Å²) in [7, 11) is 1.38. The predicted octanol–water partition coefficient (Wildman–Crippen LogP) is 5.65. The molecule has 144 valence electrons. The summed E-state index contributed by atoms with van der Waals surface area (Å²) < 4.78 is 5.03. The standard InChI is InChI=1S/C21H19ClN2O2S2/c1-13-17(15-8-4-3-5-9-15)18(20(25)26-2)19(28-13)24-21(27)23-12-14-7-6-10-16(22)11-14/h3-11H,12H2,1-2H3,(H2,23,24,27). The second-order valence-corrected chi connectivity index (χ2v) is 8.10. The maximum atomic E-state index is 12.5. The van der Waals surface area contributed by atoms with Crippen LogP contribution in [0.1, 0.15) is 20.8 Å². The average Bonchev–Trinajstić information content (AvgIpc) is 3.02. The van der Waals surface area contributed by atoms with Gasteiger partial charge in [0.1, 0.15) is 10.6 Å². The van der Waals surface area contributed by atoms with Crippen LogP contribution in [0.5, 0.6) is 0 Å². The Morgan fingerprint density at radius 3 is 2.61 bits per heavy atom. The number of hydrogen-bond donors (Lipinski definition) is 2. The molecule has 28 heavy (non-hydrogen) atoms. The number of rotatable bonds is 5. The van der Waals surface area contributed by atoms with Crippen molar-refractivity contribution in [2.24, 2.45) is 0 Å². The number of thiocarbonyl (C=S) groups is 1. The van der Waals surface area contributed by atoms with Gasteiger partial charge < -0.3 is 15.4 Å². The molecule has 3 aromatic rings. The van der Waals surface area contributed by atoms with Crippen LogP contribution in [0.2, 0.25) is 5.02 Å². The predicted molar refractivity (Wildman–Crippen MR) is 120 cm³/mol. The van der Waals surface area contributed by atoms with E-state index in [0.717, 1.165) is 21.6 Å². The molecule has 0 saturated heterocycles. The van der Waals surface area contributed by atoms with E-state index in [2.05, 4.69) is 10.6 Å². The highest BCUT2D eigenvalue weighted by molar-refractivity contribution is 7.80. The fourth-order valence-electron chi connectivity index (χ4n) is 2.86. The van der Waals surface area contributed by atoms with Crippen LogP contribution in [-0.2, 0) is 11.3 Å². The molecule has 0 amide bonds. The zero-order valence-corrected chi connectivity index (χ0v) is 17.8. The van der Waals surface area contributed by atoms with E-state index in [9.17, 15) is 4.79 Å². The van der Waals surface area contributed by atoms with Crippen molar-refractivity contribution in [3.63, 3.8) is 0 Å². The molecular formula is C21H19ClN2O2S2. The number of hydrogen-bond acceptors (Lipinski definition) is 4. The molecule has 0 aliphatic carbocycles. The van der Waals surface area contributed by atoms with Crippen LogP contribution in [0.3, 0.4) is 0 Å². The van der Waals surface area contributed by atoms with Gasteiger partial charge in [0.15, 0.2) is 5.11 Å². The molecule has 0 unspecified atom stereocenters. The number of thiophene rings is 1. The van der Waals surface area contributed by atoms with Gasteiger partial charge in [-0.3, -0.25) is 0 Å². The first-order valence-electron chi connectivity index (χ1n) is 8.56. The lowest BCUT2D eigenvalue weighted by atomic mass is 10.0. The maximum Gasteiger partial charge on any atom is 0.341 e. The Hall–Kier alpha value is -2.41. The minimum Gasteiger partial charge on any atom is -0.465 e. The van der Waals surface area contributed by atoms with Gasteiger partial charge in [-0.1, -0.05) is 54.1 Å². The molecular weight excluding hydrogens is 412 g/mol. The largest absolute Gasteiger partial charge is 0.465 e. The van der Waals surface area contributed by atoms with E-state index >= 15 is 0 Å². The summed E-state index contributed by atoms with van der Waals surface area (Å²) in [6.45, 7) is 2.50. The number of methoxy groups -OCH3 is 1. The topological polar surface area (TPSA) is 50.4 Å². The molecule has 1 aromatic heterocycles. The second-order valence-electron chi connectivity index (χ2n) is 6.03. The minimum atomic E-state index is -0.400. The fourth-order valence-corrected chi connectivity index (χ4v) is 4.38. The van der Waals surface area contributed by atoms with Gasteiger partial charge in [-0.05, 0) is 42.4 Å². The fraction of sp³-hybridized carbons (Fsp3) is 0.143. The molecule has 7 heteroatoms. The minimum absolute atomic E-state index is 0.400. The van der Waals surface area contributed by atoms with Crippen molar-refractivity contribution in [1.29, 1.82) is 0 Å². The molecule has 0 bridgehead atoms. The Morgan fingerprint density at radius 1 is 1.18 bits per heavy atom. The third-order valence-corrected chi connectivity index (χ3v) is 5.61. The number of carbonyl (C=O) groups excluding carboxylic acids is 1. The summed E-state index contributed by atoms with van der Waals surface area (Å²) in [6.07, 6.45) is 0. The highest BCUT2D eigenvalue weighted by atomic mass is 35.5. The molecule has 0 spiro atoms. The molecule has 0 radical (unpaired) electrons. The SMILES string of the molecule is COC(=O)c1c(NC(=S)NCc2cccc(Cl)c2)sc(C)c1-c1ccccc1. The van der Waals surface area contributed by atoms with Gasteiger partial charge in [-0.15, -0.1) is 11.3 Å². The van der Waals surface area contributed by atoms with Gasteiger partial charge in [0.05, 0.1) is 7.11 Å². The number of benzene rings is 2. The smallest absolute Gasteiger partial charge is 0.341 e. The van der Waals surface area contributed by atoms with Crippen LogP contribution in [0.25, 0.3) is 11.1 Å². The van der Waals surface area contributed by atoms with Crippen molar-refractivity contribution in [2.45, 2.75) is 13.5 Å². The number of carbonyl (C=O) groups is 1. The third kappa shape index (κ3) is 4.70. The maximum absolute atomic E-state index is 12.5. The Bertz CT molecular complexity index is 1000. The third-order valence-electron chi connectivity index (χ3n) is 4.11. The molecule has 0 aliphatic rings.